The van der Waals surface area contributed by atoms with Gasteiger partial charge in [0, 0.05) is 7.11 Å². The Morgan fingerprint density at radius 3 is 2.15 bits per heavy atom. The van der Waals surface area contributed by atoms with Gasteiger partial charge in [0.2, 0.25) is 0 Å². The van der Waals surface area contributed by atoms with Crippen LogP contribution >= 0.6 is 0 Å². The molecule has 2 N–H and O–H groups in total. The molecule has 0 heterocycles. The molecule has 1 unspecified atom stereocenters. The van der Waals surface area contributed by atoms with Crippen molar-refractivity contribution in [1.29, 1.82) is 0 Å². The fourth-order valence-electron chi connectivity index (χ4n) is 1.56. The molecule has 0 rings (SSSR count). The summed E-state index contributed by atoms with van der Waals surface area (Å²) in [5, 5.41) is 0. The van der Waals surface area contributed by atoms with Gasteiger partial charge in [0.1, 0.15) is 0 Å². The van der Waals surface area contributed by atoms with Crippen LogP contribution in [0.3, 0.4) is 0 Å². The number of ether oxygens (including phenoxy) is 1. The van der Waals surface area contributed by atoms with Crippen molar-refractivity contribution in [3.05, 3.63) is 0 Å². The van der Waals surface area contributed by atoms with Crippen LogP contribution in [-0.2, 0) is 4.74 Å². The van der Waals surface area contributed by atoms with E-state index in [0.29, 0.717) is 6.10 Å². The maximum atomic E-state index is 5.46. The van der Waals surface area contributed by atoms with E-state index in [4.69, 9.17) is 10.5 Å². The molecule has 0 aromatic heterocycles. The third kappa shape index (κ3) is 6.05. The second kappa shape index (κ2) is 6.39. The SMILES string of the molecule is COC(CCCCCN)C(C)(C)C. The molecule has 0 bridgehead atoms. The zero-order chi connectivity index (χ0) is 10.3. The van der Waals surface area contributed by atoms with Gasteiger partial charge in [-0.15, -0.1) is 0 Å². The van der Waals surface area contributed by atoms with E-state index in [2.05, 4.69) is 20.8 Å². The van der Waals surface area contributed by atoms with Crippen LogP contribution in [0.2, 0.25) is 0 Å². The van der Waals surface area contributed by atoms with E-state index in [-0.39, 0.29) is 5.41 Å². The molecule has 0 saturated carbocycles. The fourth-order valence-corrected chi connectivity index (χ4v) is 1.56. The summed E-state index contributed by atoms with van der Waals surface area (Å²) >= 11 is 0. The Kier molecular flexibility index (Phi) is 6.35. The highest BCUT2D eigenvalue weighted by Gasteiger charge is 2.23. The summed E-state index contributed by atoms with van der Waals surface area (Å²) in [6, 6.07) is 0. The Labute approximate surface area is 82.8 Å². The maximum absolute atomic E-state index is 5.46. The van der Waals surface area contributed by atoms with Gasteiger partial charge in [0.25, 0.3) is 0 Å². The standard InChI is InChI=1S/C11H25NO/c1-11(2,3)10(13-4)8-6-5-7-9-12/h10H,5-9,12H2,1-4H3. The number of hydrogen-bond donors (Lipinski definition) is 1. The average Bonchev–Trinajstić information content (AvgIpc) is 2.02. The lowest BCUT2D eigenvalue weighted by atomic mass is 9.86. The predicted octanol–water partition coefficient (Wildman–Crippen LogP) is 2.57. The van der Waals surface area contributed by atoms with E-state index in [1.165, 1.54) is 12.8 Å². The van der Waals surface area contributed by atoms with Crippen molar-refractivity contribution in [2.75, 3.05) is 13.7 Å². The quantitative estimate of drug-likeness (QED) is 0.649. The van der Waals surface area contributed by atoms with Crippen LogP contribution in [0.15, 0.2) is 0 Å². The van der Waals surface area contributed by atoms with Crippen molar-refractivity contribution < 1.29 is 4.74 Å². The van der Waals surface area contributed by atoms with Crippen molar-refractivity contribution in [2.45, 2.75) is 52.6 Å². The lowest BCUT2D eigenvalue weighted by molar-refractivity contribution is 0.00905. The molecule has 2 nitrogen and oxygen atoms in total. The zero-order valence-corrected chi connectivity index (χ0v) is 9.60. The van der Waals surface area contributed by atoms with Crippen molar-refractivity contribution >= 4 is 0 Å². The van der Waals surface area contributed by atoms with E-state index in [0.717, 1.165) is 19.4 Å². The summed E-state index contributed by atoms with van der Waals surface area (Å²) in [7, 11) is 1.80. The highest BCUT2D eigenvalue weighted by molar-refractivity contribution is 4.73. The molecule has 2 heteroatoms. The smallest absolute Gasteiger partial charge is 0.0619 e. The second-order valence-corrected chi connectivity index (χ2v) is 4.73. The normalized spacial score (nSPS) is 14.5. The molecule has 0 aromatic rings. The average molecular weight is 187 g/mol. The van der Waals surface area contributed by atoms with E-state index < -0.39 is 0 Å². The Bertz CT molecular complexity index is 118. The van der Waals surface area contributed by atoms with E-state index in [1.54, 1.807) is 7.11 Å². The largest absolute Gasteiger partial charge is 0.381 e. The minimum atomic E-state index is 0.261. The summed E-state index contributed by atoms with van der Waals surface area (Å²) < 4.78 is 5.46. The molecule has 0 aliphatic heterocycles. The van der Waals surface area contributed by atoms with Crippen LogP contribution in [0, 0.1) is 5.41 Å². The van der Waals surface area contributed by atoms with Gasteiger partial charge in [-0.3, -0.25) is 0 Å². The zero-order valence-electron chi connectivity index (χ0n) is 9.60. The molecule has 0 aromatic carbocycles. The first-order valence-electron chi connectivity index (χ1n) is 5.25. The van der Waals surface area contributed by atoms with Crippen LogP contribution in [0.1, 0.15) is 46.5 Å². The number of methoxy groups -OCH3 is 1. The summed E-state index contributed by atoms with van der Waals surface area (Å²) in [6.07, 6.45) is 5.13. The van der Waals surface area contributed by atoms with Gasteiger partial charge in [-0.2, -0.15) is 0 Å². The van der Waals surface area contributed by atoms with Crippen molar-refractivity contribution in [3.63, 3.8) is 0 Å². The summed E-state index contributed by atoms with van der Waals surface area (Å²) in [5.74, 6) is 0. The fraction of sp³-hybridized carbons (Fsp3) is 1.00. The first kappa shape index (κ1) is 12.9. The molecule has 0 amide bonds. The number of nitrogens with two attached hydrogens (primary N) is 1. The minimum absolute atomic E-state index is 0.261. The molecule has 0 saturated heterocycles. The van der Waals surface area contributed by atoms with Gasteiger partial charge in [-0.25, -0.2) is 0 Å². The van der Waals surface area contributed by atoms with Gasteiger partial charge in [0.05, 0.1) is 6.10 Å². The van der Waals surface area contributed by atoms with Crippen LogP contribution in [0.5, 0.6) is 0 Å². The van der Waals surface area contributed by atoms with Gasteiger partial charge >= 0.3 is 0 Å². The first-order valence-corrected chi connectivity index (χ1v) is 5.25. The molecular weight excluding hydrogens is 162 g/mol. The molecule has 0 radical (unpaired) electrons. The molecule has 80 valence electrons. The van der Waals surface area contributed by atoms with Crippen molar-refractivity contribution in [2.24, 2.45) is 11.1 Å². The number of unbranched alkanes of at least 4 members (excludes halogenated alkanes) is 2. The van der Waals surface area contributed by atoms with Crippen molar-refractivity contribution in [1.82, 2.24) is 0 Å². The van der Waals surface area contributed by atoms with Gasteiger partial charge in [-0.05, 0) is 24.8 Å². The maximum Gasteiger partial charge on any atom is 0.0619 e. The first-order chi connectivity index (χ1) is 6.02. The summed E-state index contributed by atoms with van der Waals surface area (Å²) in [6.45, 7) is 7.49. The highest BCUT2D eigenvalue weighted by Crippen LogP contribution is 2.25. The number of rotatable bonds is 6. The third-order valence-corrected chi connectivity index (χ3v) is 2.42. The summed E-state index contributed by atoms with van der Waals surface area (Å²) in [5.41, 5.74) is 5.69. The molecule has 13 heavy (non-hydrogen) atoms. The lowest BCUT2D eigenvalue weighted by Crippen LogP contribution is -2.28. The van der Waals surface area contributed by atoms with E-state index in [1.807, 2.05) is 0 Å². The van der Waals surface area contributed by atoms with Gasteiger partial charge in [-0.1, -0.05) is 33.6 Å². The molecule has 0 spiro atoms. The lowest BCUT2D eigenvalue weighted by Gasteiger charge is -2.29. The molecule has 0 fully saturated rings. The topological polar surface area (TPSA) is 35.2 Å². The van der Waals surface area contributed by atoms with Crippen LogP contribution in [0.25, 0.3) is 0 Å². The van der Waals surface area contributed by atoms with Crippen LogP contribution in [0.4, 0.5) is 0 Å². The van der Waals surface area contributed by atoms with Crippen LogP contribution < -0.4 is 5.73 Å². The van der Waals surface area contributed by atoms with Gasteiger partial charge < -0.3 is 10.5 Å². The van der Waals surface area contributed by atoms with Crippen LogP contribution in [-0.4, -0.2) is 19.8 Å². The molecule has 0 aliphatic carbocycles. The van der Waals surface area contributed by atoms with Crippen molar-refractivity contribution in [3.8, 4) is 0 Å². The van der Waals surface area contributed by atoms with Gasteiger partial charge in [0.15, 0.2) is 0 Å². The molecule has 1 atom stereocenters. The second-order valence-electron chi connectivity index (χ2n) is 4.73. The monoisotopic (exact) mass is 187 g/mol. The predicted molar refractivity (Wildman–Crippen MR) is 57.8 cm³/mol. The van der Waals surface area contributed by atoms with E-state index >= 15 is 0 Å². The molecule has 0 aliphatic rings. The Hall–Kier alpha value is -0.0800. The molecular formula is C11H25NO. The minimum Gasteiger partial charge on any atom is -0.381 e. The number of hydrogen-bond acceptors (Lipinski definition) is 2. The summed E-state index contributed by atoms with van der Waals surface area (Å²) in [4.78, 5) is 0. The Morgan fingerprint density at radius 2 is 1.77 bits per heavy atom. The Morgan fingerprint density at radius 1 is 1.15 bits per heavy atom. The Balaban J connectivity index is 3.61. The van der Waals surface area contributed by atoms with E-state index in [9.17, 15) is 0 Å². The third-order valence-electron chi connectivity index (χ3n) is 2.42. The highest BCUT2D eigenvalue weighted by atomic mass is 16.5.